The molecule has 0 aliphatic carbocycles. The minimum atomic E-state index is 0.261. The molecule has 2 aliphatic rings. The predicted molar refractivity (Wildman–Crippen MR) is 202 cm³/mol. The van der Waals surface area contributed by atoms with Crippen LogP contribution in [-0.2, 0) is 6.42 Å². The van der Waals surface area contributed by atoms with Crippen molar-refractivity contribution in [2.75, 3.05) is 0 Å². The average Bonchev–Trinajstić information content (AvgIpc) is 3.81. The van der Waals surface area contributed by atoms with Gasteiger partial charge in [0.1, 0.15) is 11.2 Å². The van der Waals surface area contributed by atoms with E-state index in [9.17, 15) is 0 Å². The second-order valence-electron chi connectivity index (χ2n) is 14.1. The largest absolute Gasteiger partial charge is 0.456 e. The van der Waals surface area contributed by atoms with Gasteiger partial charge in [-0.1, -0.05) is 54.6 Å². The van der Waals surface area contributed by atoms with Crippen molar-refractivity contribution in [3.8, 4) is 22.5 Å². The van der Waals surface area contributed by atoms with Gasteiger partial charge >= 0.3 is 0 Å². The zero-order chi connectivity index (χ0) is 32.5. The molecule has 50 heavy (non-hydrogen) atoms. The molecule has 0 saturated heterocycles. The Balaban J connectivity index is 1.21. The standard InChI is InChI=1S/C46H31N3O/c1-2-13-30-29(12-1)31-16-11-22-47-21-9-7-17-37(47)34-26-35-36-27-43-44(33-15-4-6-20-42(33)50-43)45-32-14-3-5-19-39(32)49(46(36)45)41(35)25-28(34)24-40(31)48-23-10-8-18-38(30)48/h1-15,17-23,25-27,31,40H,16,24H2/q+2/b22-11+. The summed E-state index contributed by atoms with van der Waals surface area (Å²) in [4.78, 5) is 0. The Hall–Kier alpha value is -6.26. The normalized spacial score (nSPS) is 17.6. The minimum Gasteiger partial charge on any atom is -0.456 e. The van der Waals surface area contributed by atoms with E-state index in [4.69, 9.17) is 4.42 Å². The maximum absolute atomic E-state index is 6.59. The highest BCUT2D eigenvalue weighted by atomic mass is 16.3. The molecular weight excluding hydrogens is 611 g/mol. The topological polar surface area (TPSA) is 25.3 Å². The highest BCUT2D eigenvalue weighted by Gasteiger charge is 2.40. The molecule has 2 unspecified atom stereocenters. The lowest BCUT2D eigenvalue weighted by Gasteiger charge is -2.30. The third-order valence-corrected chi connectivity index (χ3v) is 11.6. The first-order valence-electron chi connectivity index (χ1n) is 17.6. The van der Waals surface area contributed by atoms with Crippen LogP contribution in [0, 0.1) is 0 Å². The Morgan fingerprint density at radius 2 is 1.40 bits per heavy atom. The molecule has 2 aliphatic heterocycles. The number of furan rings is 1. The Morgan fingerprint density at radius 1 is 0.600 bits per heavy atom. The van der Waals surface area contributed by atoms with E-state index in [2.05, 4.69) is 166 Å². The summed E-state index contributed by atoms with van der Waals surface area (Å²) in [6.07, 6.45) is 11.0. The van der Waals surface area contributed by atoms with Crippen LogP contribution < -0.4 is 9.13 Å². The molecule has 12 rings (SSSR count). The summed E-state index contributed by atoms with van der Waals surface area (Å²) in [5.74, 6) is 0.339. The second kappa shape index (κ2) is 9.67. The van der Waals surface area contributed by atoms with E-state index >= 15 is 0 Å². The number of para-hydroxylation sites is 2. The third-order valence-electron chi connectivity index (χ3n) is 11.6. The molecule has 2 atom stereocenters. The maximum atomic E-state index is 6.59. The van der Waals surface area contributed by atoms with Crippen molar-refractivity contribution in [1.29, 1.82) is 0 Å². The van der Waals surface area contributed by atoms with Gasteiger partial charge < -0.3 is 8.82 Å². The van der Waals surface area contributed by atoms with Crippen LogP contribution in [-0.4, -0.2) is 4.40 Å². The van der Waals surface area contributed by atoms with Crippen molar-refractivity contribution >= 4 is 66.2 Å². The summed E-state index contributed by atoms with van der Waals surface area (Å²) in [6.45, 7) is 0. The molecule has 7 heterocycles. The van der Waals surface area contributed by atoms with Gasteiger partial charge in [-0.2, -0.15) is 9.13 Å². The molecule has 0 N–H and O–H groups in total. The monoisotopic (exact) mass is 641 g/mol. The zero-order valence-corrected chi connectivity index (χ0v) is 27.3. The van der Waals surface area contributed by atoms with E-state index in [1.807, 2.05) is 0 Å². The molecule has 234 valence electrons. The van der Waals surface area contributed by atoms with E-state index in [1.165, 1.54) is 82.5 Å². The molecule has 10 aromatic rings. The Morgan fingerprint density at radius 3 is 2.36 bits per heavy atom. The highest BCUT2D eigenvalue weighted by molar-refractivity contribution is 6.34. The van der Waals surface area contributed by atoms with Gasteiger partial charge in [0.15, 0.2) is 24.6 Å². The van der Waals surface area contributed by atoms with Crippen molar-refractivity contribution in [3.05, 3.63) is 157 Å². The van der Waals surface area contributed by atoms with Gasteiger partial charge in [0, 0.05) is 68.6 Å². The molecule has 0 radical (unpaired) electrons. The first kappa shape index (κ1) is 26.7. The summed E-state index contributed by atoms with van der Waals surface area (Å²) in [5, 5.41) is 7.42. The minimum absolute atomic E-state index is 0.261. The van der Waals surface area contributed by atoms with E-state index in [1.54, 1.807) is 0 Å². The molecule has 0 fully saturated rings. The molecule has 4 heteroatoms. The number of allylic oxidation sites excluding steroid dienone is 1. The number of pyridine rings is 2. The molecule has 0 bridgehead atoms. The number of fused-ring (bicyclic) bond motifs is 19. The molecule has 0 spiro atoms. The van der Waals surface area contributed by atoms with Gasteiger partial charge in [0.25, 0.3) is 0 Å². The third kappa shape index (κ3) is 3.40. The fourth-order valence-corrected chi connectivity index (χ4v) is 9.58. The number of hydrogen-bond donors (Lipinski definition) is 0. The van der Waals surface area contributed by atoms with Crippen LogP contribution in [0.3, 0.4) is 0 Å². The molecular formula is C46H31N3O+2. The van der Waals surface area contributed by atoms with Crippen molar-refractivity contribution in [2.45, 2.75) is 24.8 Å². The van der Waals surface area contributed by atoms with Gasteiger partial charge in [-0.25, -0.2) is 0 Å². The Bertz CT molecular complexity index is 3070. The Labute approximate surface area is 287 Å². The van der Waals surface area contributed by atoms with Gasteiger partial charge in [0.05, 0.1) is 28.0 Å². The Kier molecular flexibility index (Phi) is 5.16. The van der Waals surface area contributed by atoms with Crippen LogP contribution >= 0.6 is 0 Å². The first-order chi connectivity index (χ1) is 24.8. The molecule has 0 saturated carbocycles. The van der Waals surface area contributed by atoms with Gasteiger partial charge in [0.2, 0.25) is 11.4 Å². The molecule has 4 nitrogen and oxygen atoms in total. The molecule has 5 aromatic heterocycles. The maximum Gasteiger partial charge on any atom is 0.218 e. The van der Waals surface area contributed by atoms with Crippen LogP contribution in [0.4, 0.5) is 0 Å². The zero-order valence-electron chi connectivity index (χ0n) is 27.3. The SMILES string of the molecule is C1=C/[n+]2ccccc2-c2cc3c4cc5oc6ccccc6c5c5c6ccccc6n(c3cc2CC2C(C/1)c1ccccc1-c1cccc[n+]12)c45. The van der Waals surface area contributed by atoms with Gasteiger partial charge in [-0.3, -0.25) is 0 Å². The number of aromatic nitrogens is 3. The van der Waals surface area contributed by atoms with Crippen LogP contribution in [0.25, 0.3) is 88.7 Å². The van der Waals surface area contributed by atoms with Crippen molar-refractivity contribution in [2.24, 2.45) is 0 Å². The lowest BCUT2D eigenvalue weighted by atomic mass is 9.78. The van der Waals surface area contributed by atoms with Gasteiger partial charge in [-0.15, -0.1) is 0 Å². The van der Waals surface area contributed by atoms with E-state index in [0.717, 1.165) is 24.0 Å². The molecule has 5 aromatic carbocycles. The smallest absolute Gasteiger partial charge is 0.218 e. The fourth-order valence-electron chi connectivity index (χ4n) is 9.58. The summed E-state index contributed by atoms with van der Waals surface area (Å²) < 4.78 is 14.0. The van der Waals surface area contributed by atoms with E-state index < -0.39 is 0 Å². The average molecular weight is 642 g/mol. The summed E-state index contributed by atoms with van der Waals surface area (Å²) in [7, 11) is 0. The number of benzene rings is 5. The number of nitrogens with zero attached hydrogens (tertiary/aromatic N) is 3. The van der Waals surface area contributed by atoms with Crippen molar-refractivity contribution in [1.82, 2.24) is 4.40 Å². The van der Waals surface area contributed by atoms with Crippen LogP contribution in [0.1, 0.15) is 29.5 Å². The highest BCUT2D eigenvalue weighted by Crippen LogP contribution is 2.48. The van der Waals surface area contributed by atoms with Crippen molar-refractivity contribution in [3.63, 3.8) is 0 Å². The van der Waals surface area contributed by atoms with Crippen LogP contribution in [0.5, 0.6) is 0 Å². The van der Waals surface area contributed by atoms with Crippen molar-refractivity contribution < 1.29 is 13.6 Å². The quantitative estimate of drug-likeness (QED) is 0.151. The lowest BCUT2D eigenvalue weighted by Crippen LogP contribution is -2.48. The summed E-state index contributed by atoms with van der Waals surface area (Å²) in [6, 6.07) is 47.2. The molecule has 0 amide bonds. The number of hydrogen-bond acceptors (Lipinski definition) is 1. The van der Waals surface area contributed by atoms with Crippen LogP contribution in [0.2, 0.25) is 0 Å². The number of rotatable bonds is 0. The van der Waals surface area contributed by atoms with Gasteiger partial charge in [-0.05, 0) is 72.2 Å². The summed E-state index contributed by atoms with van der Waals surface area (Å²) >= 11 is 0. The fraction of sp³-hybridized carbons (Fsp3) is 0.0870. The summed E-state index contributed by atoms with van der Waals surface area (Å²) in [5.41, 5.74) is 13.6. The van der Waals surface area contributed by atoms with E-state index in [-0.39, 0.29) is 6.04 Å². The predicted octanol–water partition coefficient (Wildman–Crippen LogP) is 10.4. The first-order valence-corrected chi connectivity index (χ1v) is 17.6. The lowest BCUT2D eigenvalue weighted by molar-refractivity contribution is -0.718. The second-order valence-corrected chi connectivity index (χ2v) is 14.1. The van der Waals surface area contributed by atoms with Crippen LogP contribution in [0.15, 0.2) is 150 Å². The van der Waals surface area contributed by atoms with E-state index in [0.29, 0.717) is 5.92 Å².